The Kier molecular flexibility index (Phi) is 8.15. The quantitative estimate of drug-likeness (QED) is 0.356. The summed E-state index contributed by atoms with van der Waals surface area (Å²) in [4.78, 5) is 38.6. The van der Waals surface area contributed by atoms with E-state index in [2.05, 4.69) is 9.97 Å². The third-order valence-electron chi connectivity index (χ3n) is 6.83. The van der Waals surface area contributed by atoms with Gasteiger partial charge in [-0.25, -0.2) is 9.78 Å². The minimum absolute atomic E-state index is 0.168. The number of carbonyl (C=O) groups excluding carboxylic acids is 2. The smallest absolute Gasteiger partial charge is 0.420 e. The number of piperazine rings is 1. The molecule has 4 heterocycles. The lowest BCUT2D eigenvalue weighted by atomic mass is 10.1. The van der Waals surface area contributed by atoms with Gasteiger partial charge in [0.1, 0.15) is 5.82 Å². The summed E-state index contributed by atoms with van der Waals surface area (Å²) in [6.07, 6.45) is -1.52. The first-order valence-electron chi connectivity index (χ1n) is 13.0. The number of Topliss-reactive ketones (excluding diaryl/α,β-unsaturated/α-hetero) is 1. The fourth-order valence-corrected chi connectivity index (χ4v) is 4.86. The number of hydrogen-bond donors (Lipinski definition) is 0. The first-order chi connectivity index (χ1) is 19.2. The Hall–Kier alpha value is -3.80. The van der Waals surface area contributed by atoms with Gasteiger partial charge in [0.05, 0.1) is 5.02 Å². The summed E-state index contributed by atoms with van der Waals surface area (Å²) in [6.45, 7) is 2.86. The van der Waals surface area contributed by atoms with E-state index in [-0.39, 0.29) is 12.4 Å². The monoisotopic (exact) mass is 577 g/mol. The molecule has 1 aromatic carbocycles. The van der Waals surface area contributed by atoms with Gasteiger partial charge in [-0.15, -0.1) is 0 Å². The average molecular weight is 578 g/mol. The molecule has 5 rings (SSSR count). The molecule has 0 saturated carbocycles. The lowest BCUT2D eigenvalue weighted by molar-refractivity contribution is -0.141. The second kappa shape index (κ2) is 11.7. The van der Waals surface area contributed by atoms with Gasteiger partial charge in [-0.05, 0) is 43.0 Å². The molecule has 2 aliphatic rings. The van der Waals surface area contributed by atoms with Crippen molar-refractivity contribution in [3.05, 3.63) is 64.6 Å². The van der Waals surface area contributed by atoms with Crippen LogP contribution in [0.15, 0.2) is 47.0 Å². The molecule has 0 radical (unpaired) electrons. The highest BCUT2D eigenvalue weighted by molar-refractivity contribution is 6.32. The number of benzene rings is 1. The lowest BCUT2D eigenvalue weighted by Crippen LogP contribution is -2.49. The van der Waals surface area contributed by atoms with E-state index in [1.807, 2.05) is 4.90 Å². The molecule has 212 valence electrons. The van der Waals surface area contributed by atoms with Gasteiger partial charge in [0, 0.05) is 51.9 Å². The highest BCUT2D eigenvalue weighted by Gasteiger charge is 2.41. The van der Waals surface area contributed by atoms with Crippen LogP contribution >= 0.6 is 11.6 Å². The number of alkyl halides is 3. The number of anilines is 2. The normalized spacial score (nSPS) is 16.2. The predicted octanol–water partition coefficient (Wildman–Crippen LogP) is 5.48. The summed E-state index contributed by atoms with van der Waals surface area (Å²) in [5, 5.41) is 0.345. The van der Waals surface area contributed by atoms with Gasteiger partial charge < -0.3 is 23.9 Å². The largest absolute Gasteiger partial charge is 0.437 e. The summed E-state index contributed by atoms with van der Waals surface area (Å²) >= 11 is 6.06. The van der Waals surface area contributed by atoms with E-state index in [1.54, 1.807) is 46.2 Å². The zero-order valence-corrected chi connectivity index (χ0v) is 22.2. The molecule has 0 atom stereocenters. The van der Waals surface area contributed by atoms with Crippen molar-refractivity contribution in [2.75, 3.05) is 49.1 Å². The maximum Gasteiger partial charge on any atom is 0.437 e. The number of ether oxygens (including phenoxy) is 1. The van der Waals surface area contributed by atoms with Crippen LogP contribution in [0.2, 0.25) is 5.02 Å². The number of oxazole rings is 1. The highest BCUT2D eigenvalue weighted by Crippen LogP contribution is 2.35. The molecule has 0 spiro atoms. The summed E-state index contributed by atoms with van der Waals surface area (Å²) < 4.78 is 51.7. The maximum absolute atomic E-state index is 13.6. The van der Waals surface area contributed by atoms with Crippen LogP contribution in [0.5, 0.6) is 5.75 Å². The van der Waals surface area contributed by atoms with Crippen molar-refractivity contribution < 1.29 is 31.9 Å². The molecule has 0 N–H and O–H groups in total. The van der Waals surface area contributed by atoms with Crippen molar-refractivity contribution in [1.29, 1.82) is 0 Å². The number of pyridine rings is 1. The fraction of sp³-hybridized carbons (Fsp3) is 0.407. The SMILES string of the molecule is O=C(Cc1ccc(N2CCN(C(=O)Oc3ccccc3Cl)CC2)nc1)c1oc(N2CCCCC2)nc1C(F)(F)F. The summed E-state index contributed by atoms with van der Waals surface area (Å²) in [5.41, 5.74) is -0.853. The Morgan fingerprint density at radius 1 is 0.950 bits per heavy atom. The molecule has 3 aromatic rings. The van der Waals surface area contributed by atoms with Crippen molar-refractivity contribution in [1.82, 2.24) is 14.9 Å². The Labute approximate surface area is 233 Å². The molecule has 0 unspecified atom stereocenters. The number of aromatic nitrogens is 2. The number of rotatable bonds is 6. The van der Waals surface area contributed by atoms with Gasteiger partial charge in [0.15, 0.2) is 11.4 Å². The van der Waals surface area contributed by atoms with Crippen LogP contribution in [0.3, 0.4) is 0 Å². The van der Waals surface area contributed by atoms with Crippen molar-refractivity contribution in [3.63, 3.8) is 0 Å². The fourth-order valence-electron chi connectivity index (χ4n) is 4.69. The molecule has 2 saturated heterocycles. The van der Waals surface area contributed by atoms with Crippen LogP contribution < -0.4 is 14.5 Å². The number of amides is 1. The Morgan fingerprint density at radius 2 is 1.68 bits per heavy atom. The molecule has 9 nitrogen and oxygen atoms in total. The molecule has 2 aliphatic heterocycles. The van der Waals surface area contributed by atoms with Crippen molar-refractivity contribution >= 4 is 35.3 Å². The predicted molar refractivity (Wildman–Crippen MR) is 141 cm³/mol. The first-order valence-corrected chi connectivity index (χ1v) is 13.3. The van der Waals surface area contributed by atoms with Crippen molar-refractivity contribution in [2.45, 2.75) is 31.9 Å². The van der Waals surface area contributed by atoms with Crippen LogP contribution in [0, 0.1) is 0 Å². The summed E-state index contributed by atoms with van der Waals surface area (Å²) in [7, 11) is 0. The molecule has 1 amide bonds. The molecular weight excluding hydrogens is 551 g/mol. The van der Waals surface area contributed by atoms with Crippen LogP contribution in [0.25, 0.3) is 0 Å². The van der Waals surface area contributed by atoms with Crippen LogP contribution in [-0.2, 0) is 12.6 Å². The third-order valence-corrected chi connectivity index (χ3v) is 7.15. The molecule has 2 fully saturated rings. The van der Waals surface area contributed by atoms with Gasteiger partial charge in [-0.2, -0.15) is 18.2 Å². The van der Waals surface area contributed by atoms with E-state index < -0.39 is 29.5 Å². The standard InChI is InChI=1S/C27H27ClF3N5O4/c28-19-6-2-3-7-21(19)39-26(38)36-14-12-34(13-15-36)22-9-8-18(17-32-22)16-20(37)23-24(27(29,30)31)33-25(40-23)35-10-4-1-5-11-35/h2-3,6-9,17H,1,4-5,10-16H2. The molecule has 0 aliphatic carbocycles. The van der Waals surface area contributed by atoms with Crippen LogP contribution in [0.4, 0.5) is 29.8 Å². The van der Waals surface area contributed by atoms with E-state index in [9.17, 15) is 22.8 Å². The summed E-state index contributed by atoms with van der Waals surface area (Å²) in [5.74, 6) is -0.683. The van der Waals surface area contributed by atoms with Gasteiger partial charge in [0.25, 0.3) is 6.01 Å². The minimum atomic E-state index is -4.81. The van der Waals surface area contributed by atoms with E-state index in [1.165, 1.54) is 6.20 Å². The van der Waals surface area contributed by atoms with Gasteiger partial charge >= 0.3 is 12.3 Å². The zero-order valence-electron chi connectivity index (χ0n) is 21.5. The second-order valence-corrected chi connectivity index (χ2v) is 10.0. The van der Waals surface area contributed by atoms with Gasteiger partial charge in [0.2, 0.25) is 11.5 Å². The third kappa shape index (κ3) is 6.33. The molecule has 2 aromatic heterocycles. The van der Waals surface area contributed by atoms with Crippen molar-refractivity contribution in [3.8, 4) is 5.75 Å². The van der Waals surface area contributed by atoms with E-state index in [0.29, 0.717) is 61.4 Å². The Balaban J connectivity index is 1.19. The Morgan fingerprint density at radius 3 is 2.33 bits per heavy atom. The van der Waals surface area contributed by atoms with E-state index in [0.717, 1.165) is 19.3 Å². The Bertz CT molecular complexity index is 1350. The van der Waals surface area contributed by atoms with Crippen LogP contribution in [0.1, 0.15) is 41.1 Å². The highest BCUT2D eigenvalue weighted by atomic mass is 35.5. The number of halogens is 4. The number of piperidine rings is 1. The number of carbonyl (C=O) groups is 2. The molecule has 13 heteroatoms. The number of para-hydroxylation sites is 1. The molecule has 40 heavy (non-hydrogen) atoms. The number of nitrogens with zero attached hydrogens (tertiary/aromatic N) is 5. The molecular formula is C27H27ClF3N5O4. The second-order valence-electron chi connectivity index (χ2n) is 9.62. The lowest BCUT2D eigenvalue weighted by Gasteiger charge is -2.34. The van der Waals surface area contributed by atoms with Gasteiger partial charge in [-0.1, -0.05) is 29.8 Å². The zero-order chi connectivity index (χ0) is 28.3. The van der Waals surface area contributed by atoms with E-state index in [4.69, 9.17) is 20.8 Å². The maximum atomic E-state index is 13.6. The topological polar surface area (TPSA) is 92.0 Å². The van der Waals surface area contributed by atoms with E-state index >= 15 is 0 Å². The minimum Gasteiger partial charge on any atom is -0.420 e. The number of ketones is 1. The van der Waals surface area contributed by atoms with Gasteiger partial charge in [-0.3, -0.25) is 4.79 Å². The average Bonchev–Trinajstić information content (AvgIpc) is 3.42. The number of hydrogen-bond acceptors (Lipinski definition) is 8. The van der Waals surface area contributed by atoms with Crippen molar-refractivity contribution in [2.24, 2.45) is 0 Å². The molecule has 0 bridgehead atoms. The first kappa shape index (κ1) is 27.8. The van der Waals surface area contributed by atoms with Crippen LogP contribution in [-0.4, -0.2) is 66.0 Å². The summed E-state index contributed by atoms with van der Waals surface area (Å²) in [6, 6.07) is 9.90.